The van der Waals surface area contributed by atoms with E-state index in [0.717, 1.165) is 11.1 Å². The van der Waals surface area contributed by atoms with Crippen molar-refractivity contribution in [2.75, 3.05) is 6.61 Å². The molecule has 0 aromatic heterocycles. The lowest BCUT2D eigenvalue weighted by Crippen LogP contribution is -2.50. The van der Waals surface area contributed by atoms with Crippen LogP contribution in [0.2, 0.25) is 0 Å². The predicted octanol–water partition coefficient (Wildman–Crippen LogP) is 4.24. The summed E-state index contributed by atoms with van der Waals surface area (Å²) < 4.78 is 5.28. The van der Waals surface area contributed by atoms with Crippen molar-refractivity contribution in [2.24, 2.45) is 5.41 Å². The second kappa shape index (κ2) is 9.47. The average Bonchev–Trinajstić information content (AvgIpc) is 2.63. The molecule has 0 fully saturated rings. The second-order valence-electron chi connectivity index (χ2n) is 7.65. The number of esters is 1. The van der Waals surface area contributed by atoms with Gasteiger partial charge in [0.25, 0.3) is 0 Å². The Kier molecular flexibility index (Phi) is 7.31. The molecule has 0 radical (unpaired) electrons. The minimum absolute atomic E-state index is 0.132. The maximum Gasteiger partial charge on any atom is 0.331 e. The van der Waals surface area contributed by atoms with Gasteiger partial charge in [0.15, 0.2) is 11.8 Å². The van der Waals surface area contributed by atoms with Crippen LogP contribution in [0.25, 0.3) is 0 Å². The molecule has 0 saturated heterocycles. The Balaban J connectivity index is 2.41. The van der Waals surface area contributed by atoms with Gasteiger partial charge in [0.1, 0.15) is 0 Å². The summed E-state index contributed by atoms with van der Waals surface area (Å²) in [5.74, 6) is -0.614. The van der Waals surface area contributed by atoms with Gasteiger partial charge < -0.3 is 4.74 Å². The van der Waals surface area contributed by atoms with E-state index >= 15 is 0 Å². The Labute approximate surface area is 162 Å². The van der Waals surface area contributed by atoms with Crippen molar-refractivity contribution < 1.29 is 14.3 Å². The topological polar surface area (TPSA) is 46.6 Å². The van der Waals surface area contributed by atoms with Gasteiger partial charge in [-0.1, -0.05) is 81.4 Å². The monoisotopic (exact) mass is 367 g/mol. The molecule has 0 bridgehead atoms. The molecule has 2 rings (SSSR count). The number of rotatable bonds is 8. The Morgan fingerprint density at radius 2 is 1.33 bits per heavy atom. The Morgan fingerprint density at radius 1 is 0.889 bits per heavy atom. The zero-order valence-corrected chi connectivity index (χ0v) is 16.6. The highest BCUT2D eigenvalue weighted by molar-refractivity contribution is 6.05. The molecule has 2 aromatic rings. The molecule has 1 atom stereocenters. The Bertz CT molecular complexity index is 694. The largest absolute Gasteiger partial charge is 0.464 e. The number of carbonyl (C=O) groups excluding carboxylic acids is 2. The first-order chi connectivity index (χ1) is 12.8. The SMILES string of the molecule is CCOC(=O)[C@H](C(=O)C(C)(C)C)N(Cc1ccccc1)Cc1ccccc1. The number of ketones is 1. The average molecular weight is 367 g/mol. The van der Waals surface area contributed by atoms with Gasteiger partial charge in [-0.15, -0.1) is 0 Å². The van der Waals surface area contributed by atoms with Crippen LogP contribution in [0.3, 0.4) is 0 Å². The van der Waals surface area contributed by atoms with E-state index in [4.69, 9.17) is 4.74 Å². The number of carbonyl (C=O) groups is 2. The molecule has 0 amide bonds. The van der Waals surface area contributed by atoms with E-state index < -0.39 is 17.4 Å². The first-order valence-electron chi connectivity index (χ1n) is 9.35. The molecule has 27 heavy (non-hydrogen) atoms. The van der Waals surface area contributed by atoms with Gasteiger partial charge in [0.05, 0.1) is 6.61 Å². The van der Waals surface area contributed by atoms with Crippen molar-refractivity contribution in [2.45, 2.75) is 46.8 Å². The first-order valence-corrected chi connectivity index (χ1v) is 9.35. The molecule has 0 aliphatic carbocycles. The highest BCUT2D eigenvalue weighted by Crippen LogP contribution is 2.24. The van der Waals surface area contributed by atoms with Crippen molar-refractivity contribution >= 4 is 11.8 Å². The molecule has 4 heteroatoms. The maximum atomic E-state index is 13.2. The molecule has 0 aliphatic heterocycles. The molecular weight excluding hydrogens is 338 g/mol. The summed E-state index contributed by atoms with van der Waals surface area (Å²) in [6.07, 6.45) is 0. The molecule has 2 aromatic carbocycles. The van der Waals surface area contributed by atoms with Crippen LogP contribution < -0.4 is 0 Å². The summed E-state index contributed by atoms with van der Waals surface area (Å²) in [5, 5.41) is 0. The van der Waals surface area contributed by atoms with E-state index in [1.807, 2.05) is 86.3 Å². The fraction of sp³-hybridized carbons (Fsp3) is 0.391. The number of Topliss-reactive ketones (excluding diaryl/α,β-unsaturated/α-hetero) is 1. The highest BCUT2D eigenvalue weighted by Gasteiger charge is 2.39. The van der Waals surface area contributed by atoms with Gasteiger partial charge in [-0.3, -0.25) is 9.69 Å². The zero-order chi connectivity index (χ0) is 19.9. The van der Waals surface area contributed by atoms with Crippen LogP contribution >= 0.6 is 0 Å². The van der Waals surface area contributed by atoms with E-state index in [-0.39, 0.29) is 12.4 Å². The summed E-state index contributed by atoms with van der Waals surface area (Å²) in [5.41, 5.74) is 1.44. The van der Waals surface area contributed by atoms with Gasteiger partial charge in [0.2, 0.25) is 0 Å². The van der Waals surface area contributed by atoms with Crippen molar-refractivity contribution in [3.63, 3.8) is 0 Å². The van der Waals surface area contributed by atoms with Crippen LogP contribution in [0.1, 0.15) is 38.8 Å². The van der Waals surface area contributed by atoms with Crippen LogP contribution in [-0.4, -0.2) is 29.3 Å². The lowest BCUT2D eigenvalue weighted by molar-refractivity contribution is -0.156. The third kappa shape index (κ3) is 6.04. The van der Waals surface area contributed by atoms with Crippen molar-refractivity contribution in [1.82, 2.24) is 4.90 Å². The lowest BCUT2D eigenvalue weighted by Gasteiger charge is -2.33. The molecule has 0 N–H and O–H groups in total. The smallest absolute Gasteiger partial charge is 0.331 e. The molecule has 0 spiro atoms. The predicted molar refractivity (Wildman–Crippen MR) is 107 cm³/mol. The number of ether oxygens (including phenoxy) is 1. The summed E-state index contributed by atoms with van der Waals surface area (Å²) in [6, 6.07) is 18.8. The molecule has 0 aliphatic rings. The van der Waals surface area contributed by atoms with Crippen molar-refractivity contribution in [1.29, 1.82) is 0 Å². The summed E-state index contributed by atoms with van der Waals surface area (Å²) in [6.45, 7) is 8.49. The highest BCUT2D eigenvalue weighted by atomic mass is 16.5. The Morgan fingerprint density at radius 3 is 1.70 bits per heavy atom. The fourth-order valence-electron chi connectivity index (χ4n) is 2.93. The van der Waals surface area contributed by atoms with Crippen molar-refractivity contribution in [3.8, 4) is 0 Å². The fourth-order valence-corrected chi connectivity index (χ4v) is 2.93. The van der Waals surface area contributed by atoms with Crippen molar-refractivity contribution in [3.05, 3.63) is 71.8 Å². The normalized spacial score (nSPS) is 12.6. The van der Waals surface area contributed by atoms with Gasteiger partial charge in [-0.05, 0) is 18.1 Å². The van der Waals surface area contributed by atoms with Crippen LogP contribution in [-0.2, 0) is 27.4 Å². The summed E-state index contributed by atoms with van der Waals surface area (Å²) >= 11 is 0. The third-order valence-electron chi connectivity index (χ3n) is 4.32. The van der Waals surface area contributed by atoms with Crippen LogP contribution in [0.4, 0.5) is 0 Å². The first kappa shape index (κ1) is 20.8. The number of nitrogens with zero attached hydrogens (tertiary/aromatic N) is 1. The lowest BCUT2D eigenvalue weighted by atomic mass is 9.85. The summed E-state index contributed by atoms with van der Waals surface area (Å²) in [7, 11) is 0. The quantitative estimate of drug-likeness (QED) is 0.517. The van der Waals surface area contributed by atoms with Gasteiger partial charge >= 0.3 is 5.97 Å². The molecule has 0 saturated carbocycles. The second-order valence-corrected chi connectivity index (χ2v) is 7.65. The van der Waals surface area contributed by atoms with E-state index in [1.165, 1.54) is 0 Å². The van der Waals surface area contributed by atoms with Crippen LogP contribution in [0.15, 0.2) is 60.7 Å². The molecule has 0 unspecified atom stereocenters. The molecular formula is C23H29NO3. The standard InChI is InChI=1S/C23H29NO3/c1-5-27-22(26)20(21(25)23(2,3)4)24(16-18-12-8-6-9-13-18)17-19-14-10-7-11-15-19/h6-15,20H,5,16-17H2,1-4H3/t20-/m0/s1. The number of hydrogen-bond donors (Lipinski definition) is 0. The van der Waals surface area contributed by atoms with E-state index in [9.17, 15) is 9.59 Å². The van der Waals surface area contributed by atoms with Crippen LogP contribution in [0.5, 0.6) is 0 Å². The molecule has 4 nitrogen and oxygen atoms in total. The van der Waals surface area contributed by atoms with E-state index in [2.05, 4.69) is 0 Å². The minimum atomic E-state index is -0.939. The molecule has 0 heterocycles. The molecule has 144 valence electrons. The van der Waals surface area contributed by atoms with Gasteiger partial charge in [-0.25, -0.2) is 4.79 Å². The minimum Gasteiger partial charge on any atom is -0.464 e. The van der Waals surface area contributed by atoms with Gasteiger partial charge in [0, 0.05) is 18.5 Å². The van der Waals surface area contributed by atoms with E-state index in [0.29, 0.717) is 13.1 Å². The summed E-state index contributed by atoms with van der Waals surface area (Å²) in [4.78, 5) is 27.8. The zero-order valence-electron chi connectivity index (χ0n) is 16.6. The van der Waals surface area contributed by atoms with Crippen LogP contribution in [0, 0.1) is 5.41 Å². The van der Waals surface area contributed by atoms with E-state index in [1.54, 1.807) is 6.92 Å². The number of hydrogen-bond acceptors (Lipinski definition) is 4. The van der Waals surface area contributed by atoms with Gasteiger partial charge in [-0.2, -0.15) is 0 Å². The Hall–Kier alpha value is -2.46. The number of benzene rings is 2. The third-order valence-corrected chi connectivity index (χ3v) is 4.32. The maximum absolute atomic E-state index is 13.2.